The molecule has 20 heavy (non-hydrogen) atoms. The van der Waals surface area contributed by atoms with Gasteiger partial charge in [-0.1, -0.05) is 13.0 Å². The highest BCUT2D eigenvalue weighted by molar-refractivity contribution is 5.48. The number of nitrogens with one attached hydrogen (secondary N) is 1. The van der Waals surface area contributed by atoms with Crippen LogP contribution in [0.15, 0.2) is 18.3 Å². The van der Waals surface area contributed by atoms with E-state index in [-0.39, 0.29) is 19.2 Å². The lowest BCUT2D eigenvalue weighted by molar-refractivity contribution is 0.152. The monoisotopic (exact) mass is 287 g/mol. The van der Waals surface area contributed by atoms with Crippen molar-refractivity contribution in [3.63, 3.8) is 0 Å². The van der Waals surface area contributed by atoms with Crippen LogP contribution in [0.2, 0.25) is 0 Å². The van der Waals surface area contributed by atoms with E-state index in [2.05, 4.69) is 17.2 Å². The first-order chi connectivity index (χ1) is 9.60. The summed E-state index contributed by atoms with van der Waals surface area (Å²) >= 11 is 0. The minimum atomic E-state index is -2.46. The van der Waals surface area contributed by atoms with Crippen LogP contribution >= 0.6 is 0 Å². The van der Waals surface area contributed by atoms with Crippen molar-refractivity contribution in [2.24, 2.45) is 0 Å². The highest BCUT2D eigenvalue weighted by Crippen LogP contribution is 2.24. The number of hydrogen-bond acceptors (Lipinski definition) is 4. The number of hydrogen-bond donors (Lipinski definition) is 2. The van der Waals surface area contributed by atoms with Crippen molar-refractivity contribution in [1.29, 1.82) is 0 Å². The molecule has 0 aliphatic carbocycles. The van der Waals surface area contributed by atoms with Gasteiger partial charge in [0.15, 0.2) is 0 Å². The lowest BCUT2D eigenvalue weighted by Crippen LogP contribution is -2.34. The molecule has 0 aromatic carbocycles. The van der Waals surface area contributed by atoms with Gasteiger partial charge in [-0.05, 0) is 26.0 Å². The summed E-state index contributed by atoms with van der Waals surface area (Å²) in [5.41, 5.74) is 0.870. The Balaban J connectivity index is 2.95. The predicted octanol–water partition coefficient (Wildman–Crippen LogP) is 2.21. The van der Waals surface area contributed by atoms with Crippen LogP contribution in [-0.2, 0) is 0 Å². The van der Waals surface area contributed by atoms with Gasteiger partial charge in [0, 0.05) is 24.3 Å². The molecule has 0 fully saturated rings. The molecule has 0 aliphatic rings. The molecule has 0 saturated carbocycles. The second-order valence-corrected chi connectivity index (χ2v) is 4.65. The average Bonchev–Trinajstić information content (AvgIpc) is 2.44. The number of pyridine rings is 1. The highest BCUT2D eigenvalue weighted by Gasteiger charge is 2.19. The first-order valence-electron chi connectivity index (χ1n) is 6.92. The first kappa shape index (κ1) is 16.8. The largest absolute Gasteiger partial charge is 0.395 e. The van der Waals surface area contributed by atoms with E-state index in [1.165, 1.54) is 4.90 Å². The molecule has 0 radical (unpaired) electrons. The fourth-order valence-corrected chi connectivity index (χ4v) is 2.05. The standard InChI is InChI=1S/C14H23F2N3O/c1-3-6-17-11(2)12-5-4-7-18-14(12)19(8-9-20)10-13(15)16/h4-5,7,11,13,17,20H,3,6,8-10H2,1-2H3. The molecule has 0 bridgehead atoms. The van der Waals surface area contributed by atoms with Crippen LogP contribution in [0.5, 0.6) is 0 Å². The Morgan fingerprint density at radius 1 is 1.45 bits per heavy atom. The number of aliphatic hydroxyl groups excluding tert-OH is 1. The number of alkyl halides is 2. The van der Waals surface area contributed by atoms with E-state index >= 15 is 0 Å². The van der Waals surface area contributed by atoms with Gasteiger partial charge >= 0.3 is 0 Å². The summed E-state index contributed by atoms with van der Waals surface area (Å²) in [5.74, 6) is 0.512. The molecule has 1 rings (SSSR count). The second-order valence-electron chi connectivity index (χ2n) is 4.65. The Morgan fingerprint density at radius 3 is 2.80 bits per heavy atom. The Hall–Kier alpha value is -1.27. The molecule has 1 unspecified atom stereocenters. The zero-order valence-electron chi connectivity index (χ0n) is 12.0. The molecule has 1 aromatic rings. The third-order valence-corrected chi connectivity index (χ3v) is 3.01. The van der Waals surface area contributed by atoms with Gasteiger partial charge < -0.3 is 15.3 Å². The molecule has 4 nitrogen and oxygen atoms in total. The number of aliphatic hydroxyl groups is 1. The van der Waals surface area contributed by atoms with Crippen molar-refractivity contribution in [1.82, 2.24) is 10.3 Å². The van der Waals surface area contributed by atoms with Crippen LogP contribution in [0, 0.1) is 0 Å². The van der Waals surface area contributed by atoms with E-state index in [1.54, 1.807) is 12.3 Å². The maximum atomic E-state index is 12.7. The van der Waals surface area contributed by atoms with E-state index in [0.29, 0.717) is 5.82 Å². The Labute approximate surface area is 118 Å². The van der Waals surface area contributed by atoms with Crippen LogP contribution in [0.1, 0.15) is 31.9 Å². The summed E-state index contributed by atoms with van der Waals surface area (Å²) < 4.78 is 25.3. The van der Waals surface area contributed by atoms with Crippen molar-refractivity contribution in [3.8, 4) is 0 Å². The van der Waals surface area contributed by atoms with Gasteiger partial charge in [0.05, 0.1) is 13.2 Å². The van der Waals surface area contributed by atoms with Crippen molar-refractivity contribution in [2.45, 2.75) is 32.7 Å². The van der Waals surface area contributed by atoms with Gasteiger partial charge in [-0.15, -0.1) is 0 Å². The number of anilines is 1. The lowest BCUT2D eigenvalue weighted by Gasteiger charge is -2.27. The van der Waals surface area contributed by atoms with Crippen molar-refractivity contribution >= 4 is 5.82 Å². The molecular formula is C14H23F2N3O. The van der Waals surface area contributed by atoms with E-state index in [1.807, 2.05) is 13.0 Å². The maximum absolute atomic E-state index is 12.7. The summed E-state index contributed by atoms with van der Waals surface area (Å²) in [5, 5.41) is 12.4. The minimum absolute atomic E-state index is 0.0255. The summed E-state index contributed by atoms with van der Waals surface area (Å²) in [6.07, 6.45) is 0.119. The zero-order chi connectivity index (χ0) is 15.0. The number of rotatable bonds is 9. The molecule has 1 heterocycles. The number of halogens is 2. The molecule has 6 heteroatoms. The van der Waals surface area contributed by atoms with Gasteiger partial charge in [0.2, 0.25) is 0 Å². The van der Waals surface area contributed by atoms with E-state index in [4.69, 9.17) is 5.11 Å². The van der Waals surface area contributed by atoms with E-state index < -0.39 is 13.0 Å². The summed E-state index contributed by atoms with van der Waals surface area (Å²) in [4.78, 5) is 5.66. The van der Waals surface area contributed by atoms with Gasteiger partial charge in [0.25, 0.3) is 6.43 Å². The fraction of sp³-hybridized carbons (Fsp3) is 0.643. The van der Waals surface area contributed by atoms with Gasteiger partial charge in [0.1, 0.15) is 5.82 Å². The molecule has 0 saturated heterocycles. The zero-order valence-corrected chi connectivity index (χ0v) is 12.0. The third-order valence-electron chi connectivity index (χ3n) is 3.01. The smallest absolute Gasteiger partial charge is 0.255 e. The van der Waals surface area contributed by atoms with Gasteiger partial charge in [-0.3, -0.25) is 0 Å². The summed E-state index contributed by atoms with van der Waals surface area (Å²) in [6.45, 7) is 4.44. The minimum Gasteiger partial charge on any atom is -0.395 e. The highest BCUT2D eigenvalue weighted by atomic mass is 19.3. The Bertz CT molecular complexity index is 390. The van der Waals surface area contributed by atoms with Crippen LogP contribution in [0.4, 0.5) is 14.6 Å². The number of nitrogens with zero attached hydrogens (tertiary/aromatic N) is 2. The lowest BCUT2D eigenvalue weighted by atomic mass is 10.1. The maximum Gasteiger partial charge on any atom is 0.255 e. The molecule has 0 spiro atoms. The van der Waals surface area contributed by atoms with Gasteiger partial charge in [-0.2, -0.15) is 0 Å². The van der Waals surface area contributed by atoms with Crippen LogP contribution in [0.25, 0.3) is 0 Å². The fourth-order valence-electron chi connectivity index (χ4n) is 2.05. The third kappa shape index (κ3) is 5.02. The molecule has 1 aromatic heterocycles. The first-order valence-corrected chi connectivity index (χ1v) is 6.92. The van der Waals surface area contributed by atoms with Crippen molar-refractivity contribution in [2.75, 3.05) is 31.1 Å². The summed E-state index contributed by atoms with van der Waals surface area (Å²) in [7, 11) is 0. The van der Waals surface area contributed by atoms with Crippen molar-refractivity contribution in [3.05, 3.63) is 23.9 Å². The van der Waals surface area contributed by atoms with Gasteiger partial charge in [-0.25, -0.2) is 13.8 Å². The normalized spacial score (nSPS) is 12.7. The molecular weight excluding hydrogens is 264 g/mol. The van der Waals surface area contributed by atoms with Crippen molar-refractivity contribution < 1.29 is 13.9 Å². The molecule has 2 N–H and O–H groups in total. The van der Waals surface area contributed by atoms with E-state index in [9.17, 15) is 8.78 Å². The quantitative estimate of drug-likeness (QED) is 0.731. The predicted molar refractivity (Wildman–Crippen MR) is 76.2 cm³/mol. The second kappa shape index (κ2) is 8.81. The Morgan fingerprint density at radius 2 is 2.20 bits per heavy atom. The van der Waals surface area contributed by atoms with Crippen LogP contribution in [-0.4, -0.2) is 42.8 Å². The molecule has 0 aliphatic heterocycles. The average molecular weight is 287 g/mol. The number of aromatic nitrogens is 1. The van der Waals surface area contributed by atoms with Crippen LogP contribution < -0.4 is 10.2 Å². The Kier molecular flexibility index (Phi) is 7.40. The van der Waals surface area contributed by atoms with Crippen LogP contribution in [0.3, 0.4) is 0 Å². The summed E-state index contributed by atoms with van der Waals surface area (Å²) in [6, 6.07) is 3.70. The molecule has 114 valence electrons. The van der Waals surface area contributed by atoms with E-state index in [0.717, 1.165) is 18.5 Å². The SMILES string of the molecule is CCCNC(C)c1cccnc1N(CCO)CC(F)F. The topological polar surface area (TPSA) is 48.4 Å². The molecule has 0 amide bonds. The molecule has 1 atom stereocenters.